The van der Waals surface area contributed by atoms with Gasteiger partial charge in [0, 0.05) is 30.4 Å². The standard InChI is InChI=1S/C26H28N6O3/c1-14-9-10-19(35-5)15(2)23(14)32-24(27)21(22-25(32)29-17(4)16(3)28-22)26(34)30-11-12-31-18(13-30)7-6-8-20(31)33/h6-10H,11-13,27H2,1-5H3. The Balaban J connectivity index is 1.72. The Morgan fingerprint density at radius 3 is 2.51 bits per heavy atom. The molecule has 4 heterocycles. The van der Waals surface area contributed by atoms with E-state index in [9.17, 15) is 9.59 Å². The molecule has 0 unspecified atom stereocenters. The van der Waals surface area contributed by atoms with Crippen molar-refractivity contribution < 1.29 is 9.53 Å². The molecule has 2 N–H and O–H groups in total. The molecule has 35 heavy (non-hydrogen) atoms. The summed E-state index contributed by atoms with van der Waals surface area (Å²) < 4.78 is 9.07. The molecule has 3 aromatic heterocycles. The zero-order valence-electron chi connectivity index (χ0n) is 20.5. The fourth-order valence-corrected chi connectivity index (χ4v) is 4.86. The maximum atomic E-state index is 13.9. The Morgan fingerprint density at radius 2 is 1.77 bits per heavy atom. The van der Waals surface area contributed by atoms with E-state index in [1.807, 2.05) is 50.5 Å². The van der Waals surface area contributed by atoms with Crippen LogP contribution in [0, 0.1) is 27.7 Å². The lowest BCUT2D eigenvalue weighted by Crippen LogP contribution is -2.42. The van der Waals surface area contributed by atoms with Gasteiger partial charge in [-0.15, -0.1) is 0 Å². The van der Waals surface area contributed by atoms with Gasteiger partial charge in [-0.05, 0) is 45.4 Å². The van der Waals surface area contributed by atoms with E-state index in [2.05, 4.69) is 0 Å². The number of nitrogens with zero attached hydrogens (tertiary/aromatic N) is 5. The van der Waals surface area contributed by atoms with Crippen molar-refractivity contribution >= 4 is 22.9 Å². The minimum atomic E-state index is -0.232. The van der Waals surface area contributed by atoms with E-state index >= 15 is 0 Å². The Hall–Kier alpha value is -4.14. The smallest absolute Gasteiger partial charge is 0.260 e. The maximum Gasteiger partial charge on any atom is 0.260 e. The molecule has 0 atom stereocenters. The molecule has 1 amide bonds. The van der Waals surface area contributed by atoms with E-state index in [1.165, 1.54) is 6.07 Å². The van der Waals surface area contributed by atoms with Crippen molar-refractivity contribution in [3.8, 4) is 11.4 Å². The normalized spacial score (nSPS) is 13.2. The molecule has 0 fully saturated rings. The number of hydrogen-bond acceptors (Lipinski definition) is 6. The molecule has 1 aliphatic rings. The highest BCUT2D eigenvalue weighted by Crippen LogP contribution is 2.36. The Kier molecular flexibility index (Phi) is 5.35. The summed E-state index contributed by atoms with van der Waals surface area (Å²) in [6, 6.07) is 8.99. The van der Waals surface area contributed by atoms with Gasteiger partial charge in [0.2, 0.25) is 0 Å². The number of ether oxygens (including phenoxy) is 1. The average Bonchev–Trinajstić information content (AvgIpc) is 3.10. The second-order valence-electron chi connectivity index (χ2n) is 8.95. The van der Waals surface area contributed by atoms with Crippen molar-refractivity contribution in [1.29, 1.82) is 0 Å². The van der Waals surface area contributed by atoms with Crippen LogP contribution in [-0.2, 0) is 13.1 Å². The highest BCUT2D eigenvalue weighted by atomic mass is 16.5. The minimum Gasteiger partial charge on any atom is -0.496 e. The van der Waals surface area contributed by atoms with Crippen LogP contribution in [0.4, 0.5) is 5.82 Å². The number of amides is 1. The third kappa shape index (κ3) is 3.46. The van der Waals surface area contributed by atoms with Crippen molar-refractivity contribution in [2.75, 3.05) is 19.4 Å². The molecule has 9 nitrogen and oxygen atoms in total. The van der Waals surface area contributed by atoms with Crippen LogP contribution >= 0.6 is 0 Å². The van der Waals surface area contributed by atoms with Crippen LogP contribution in [-0.4, -0.2) is 43.6 Å². The Bertz CT molecular complexity index is 1570. The van der Waals surface area contributed by atoms with Crippen molar-refractivity contribution in [3.05, 3.63) is 74.5 Å². The number of carbonyl (C=O) groups is 1. The zero-order chi connectivity index (χ0) is 25.0. The highest BCUT2D eigenvalue weighted by Gasteiger charge is 2.31. The van der Waals surface area contributed by atoms with Crippen molar-refractivity contribution in [3.63, 3.8) is 0 Å². The SMILES string of the molecule is COc1ccc(C)c(-n2c(N)c(C(=O)N3CCn4c(cccc4=O)C3)c3nc(C)c(C)nc32)c1C. The zero-order valence-corrected chi connectivity index (χ0v) is 20.5. The molecule has 1 aliphatic heterocycles. The lowest BCUT2D eigenvalue weighted by Gasteiger charge is -2.29. The van der Waals surface area contributed by atoms with E-state index in [0.717, 1.165) is 39.6 Å². The number of hydrogen-bond donors (Lipinski definition) is 1. The monoisotopic (exact) mass is 472 g/mol. The van der Waals surface area contributed by atoms with Crippen molar-refractivity contribution in [2.24, 2.45) is 0 Å². The number of aryl methyl sites for hydroxylation is 3. The number of benzene rings is 1. The third-order valence-corrected chi connectivity index (χ3v) is 6.85. The number of pyridine rings is 1. The fraction of sp³-hybridized carbons (Fsp3) is 0.308. The van der Waals surface area contributed by atoms with Gasteiger partial charge in [-0.3, -0.25) is 14.2 Å². The van der Waals surface area contributed by atoms with Crippen LogP contribution in [0.2, 0.25) is 0 Å². The number of carbonyl (C=O) groups excluding carboxylic acids is 1. The summed E-state index contributed by atoms with van der Waals surface area (Å²) in [5.41, 5.74) is 13.0. The molecule has 5 rings (SSSR count). The largest absolute Gasteiger partial charge is 0.496 e. The average molecular weight is 473 g/mol. The first-order valence-corrected chi connectivity index (χ1v) is 11.5. The molecular formula is C26H28N6O3. The van der Waals surface area contributed by atoms with Gasteiger partial charge >= 0.3 is 0 Å². The van der Waals surface area contributed by atoms with Gasteiger partial charge in [0.1, 0.15) is 22.6 Å². The molecule has 0 radical (unpaired) electrons. The van der Waals surface area contributed by atoms with Crippen molar-refractivity contribution in [1.82, 2.24) is 24.0 Å². The molecule has 0 saturated heterocycles. The molecule has 180 valence electrons. The number of rotatable bonds is 3. The molecule has 0 aliphatic carbocycles. The number of aromatic nitrogens is 4. The maximum absolute atomic E-state index is 13.9. The van der Waals surface area contributed by atoms with Gasteiger partial charge in [-0.25, -0.2) is 9.97 Å². The summed E-state index contributed by atoms with van der Waals surface area (Å²) >= 11 is 0. The summed E-state index contributed by atoms with van der Waals surface area (Å²) in [7, 11) is 1.63. The Morgan fingerprint density at radius 1 is 1.03 bits per heavy atom. The first-order valence-electron chi connectivity index (χ1n) is 11.5. The number of nitrogens with two attached hydrogens (primary N) is 1. The van der Waals surface area contributed by atoms with Crippen LogP contribution in [0.3, 0.4) is 0 Å². The van der Waals surface area contributed by atoms with Crippen LogP contribution in [0.25, 0.3) is 16.9 Å². The van der Waals surface area contributed by atoms with Gasteiger partial charge in [-0.1, -0.05) is 12.1 Å². The highest BCUT2D eigenvalue weighted by molar-refractivity contribution is 6.10. The topological polar surface area (TPSA) is 108 Å². The van der Waals surface area contributed by atoms with Gasteiger partial charge in [-0.2, -0.15) is 0 Å². The molecular weight excluding hydrogens is 444 g/mol. The summed E-state index contributed by atoms with van der Waals surface area (Å²) in [6.45, 7) is 8.85. The fourth-order valence-electron chi connectivity index (χ4n) is 4.86. The quantitative estimate of drug-likeness (QED) is 0.491. The minimum absolute atomic E-state index is 0.0633. The molecule has 0 spiro atoms. The summed E-state index contributed by atoms with van der Waals surface area (Å²) in [6.07, 6.45) is 0. The third-order valence-electron chi connectivity index (χ3n) is 6.85. The molecule has 9 heteroatoms. The number of anilines is 1. The van der Waals surface area contributed by atoms with Crippen LogP contribution < -0.4 is 16.0 Å². The van der Waals surface area contributed by atoms with Crippen LogP contribution in [0.1, 0.15) is 38.6 Å². The van der Waals surface area contributed by atoms with Crippen LogP contribution in [0.5, 0.6) is 5.75 Å². The molecule has 0 saturated carbocycles. The summed E-state index contributed by atoms with van der Waals surface area (Å²) in [5.74, 6) is 0.768. The van der Waals surface area contributed by atoms with Gasteiger partial charge in [0.15, 0.2) is 5.65 Å². The van der Waals surface area contributed by atoms with Gasteiger partial charge in [0.05, 0.1) is 30.7 Å². The van der Waals surface area contributed by atoms with E-state index in [-0.39, 0.29) is 17.3 Å². The molecule has 1 aromatic carbocycles. The number of nitrogen functional groups attached to an aromatic ring is 1. The van der Waals surface area contributed by atoms with Gasteiger partial charge < -0.3 is 19.9 Å². The van der Waals surface area contributed by atoms with E-state index in [4.69, 9.17) is 20.4 Å². The lowest BCUT2D eigenvalue weighted by atomic mass is 10.1. The van der Waals surface area contributed by atoms with E-state index in [0.29, 0.717) is 36.4 Å². The first kappa shape index (κ1) is 22.6. The predicted octanol–water partition coefficient (Wildman–Crippen LogP) is 3.06. The first-order chi connectivity index (χ1) is 16.7. The van der Waals surface area contributed by atoms with Gasteiger partial charge in [0.25, 0.3) is 11.5 Å². The predicted molar refractivity (Wildman–Crippen MR) is 134 cm³/mol. The lowest BCUT2D eigenvalue weighted by molar-refractivity contribution is 0.0711. The number of fused-ring (bicyclic) bond motifs is 2. The van der Waals surface area contributed by atoms with E-state index < -0.39 is 0 Å². The molecule has 4 aromatic rings. The summed E-state index contributed by atoms with van der Waals surface area (Å²) in [4.78, 5) is 37.4. The van der Waals surface area contributed by atoms with Crippen LogP contribution in [0.15, 0.2) is 35.1 Å². The summed E-state index contributed by atoms with van der Waals surface area (Å²) in [5, 5.41) is 0. The Labute approximate surface area is 202 Å². The second-order valence-corrected chi connectivity index (χ2v) is 8.95. The number of methoxy groups -OCH3 is 1. The van der Waals surface area contributed by atoms with E-state index in [1.54, 1.807) is 22.6 Å². The molecule has 0 bridgehead atoms. The second kappa shape index (κ2) is 8.26. The van der Waals surface area contributed by atoms with Crippen molar-refractivity contribution in [2.45, 2.75) is 40.8 Å².